The molecule has 0 heterocycles. The SMILES string of the molecule is CCc1cccc(CC)c1NC(=O)CNS(=O)(=O)c1ccc(C)c(C)c1. The molecular formula is C20H26N2O3S. The van der Waals surface area contributed by atoms with Crippen LogP contribution in [0, 0.1) is 13.8 Å². The summed E-state index contributed by atoms with van der Waals surface area (Å²) in [5.41, 5.74) is 4.77. The number of benzene rings is 2. The molecule has 26 heavy (non-hydrogen) atoms. The Hall–Kier alpha value is -2.18. The molecule has 0 aliphatic carbocycles. The lowest BCUT2D eigenvalue weighted by atomic mass is 10.0. The maximum absolute atomic E-state index is 12.4. The highest BCUT2D eigenvalue weighted by molar-refractivity contribution is 7.89. The van der Waals surface area contributed by atoms with Crippen LogP contribution in [-0.2, 0) is 27.7 Å². The molecule has 0 saturated carbocycles. The van der Waals surface area contributed by atoms with Gasteiger partial charge in [0, 0.05) is 5.69 Å². The summed E-state index contributed by atoms with van der Waals surface area (Å²) in [6.07, 6.45) is 1.58. The zero-order valence-corrected chi connectivity index (χ0v) is 16.5. The number of anilines is 1. The van der Waals surface area contributed by atoms with Gasteiger partial charge in [-0.1, -0.05) is 38.1 Å². The highest BCUT2D eigenvalue weighted by Crippen LogP contribution is 2.22. The van der Waals surface area contributed by atoms with Gasteiger partial charge in [0.2, 0.25) is 15.9 Å². The summed E-state index contributed by atoms with van der Waals surface area (Å²) < 4.78 is 27.2. The van der Waals surface area contributed by atoms with Gasteiger partial charge in [0.05, 0.1) is 11.4 Å². The van der Waals surface area contributed by atoms with Crippen molar-refractivity contribution in [1.82, 2.24) is 4.72 Å². The van der Waals surface area contributed by atoms with Gasteiger partial charge in [-0.15, -0.1) is 0 Å². The molecule has 140 valence electrons. The first-order valence-corrected chi connectivity index (χ1v) is 10.2. The minimum absolute atomic E-state index is 0.164. The number of carbonyl (C=O) groups excluding carboxylic acids is 1. The quantitative estimate of drug-likeness (QED) is 0.780. The van der Waals surface area contributed by atoms with E-state index in [9.17, 15) is 13.2 Å². The number of sulfonamides is 1. The fraction of sp³-hybridized carbons (Fsp3) is 0.350. The molecule has 6 heteroatoms. The fourth-order valence-corrected chi connectivity index (χ4v) is 3.78. The molecular weight excluding hydrogens is 348 g/mol. The van der Waals surface area contributed by atoms with Crippen LogP contribution in [0.15, 0.2) is 41.3 Å². The van der Waals surface area contributed by atoms with Gasteiger partial charge in [0.1, 0.15) is 0 Å². The summed E-state index contributed by atoms with van der Waals surface area (Å²) in [5.74, 6) is -0.381. The van der Waals surface area contributed by atoms with E-state index in [0.29, 0.717) is 0 Å². The summed E-state index contributed by atoms with van der Waals surface area (Å²) in [5, 5.41) is 2.86. The van der Waals surface area contributed by atoms with Crippen LogP contribution in [0.4, 0.5) is 5.69 Å². The molecule has 1 amide bonds. The van der Waals surface area contributed by atoms with Crippen LogP contribution in [-0.4, -0.2) is 20.9 Å². The average Bonchev–Trinajstić information content (AvgIpc) is 2.62. The normalized spacial score (nSPS) is 11.4. The number of carbonyl (C=O) groups is 1. The number of hydrogen-bond acceptors (Lipinski definition) is 3. The zero-order valence-electron chi connectivity index (χ0n) is 15.7. The molecule has 0 unspecified atom stereocenters. The summed E-state index contributed by atoms with van der Waals surface area (Å²) >= 11 is 0. The average molecular weight is 375 g/mol. The summed E-state index contributed by atoms with van der Waals surface area (Å²) in [4.78, 5) is 12.5. The Morgan fingerprint density at radius 2 is 1.58 bits per heavy atom. The fourth-order valence-electron chi connectivity index (χ4n) is 2.71. The third kappa shape index (κ3) is 4.71. The Labute approximate surface area is 155 Å². The van der Waals surface area contributed by atoms with Crippen LogP contribution >= 0.6 is 0 Å². The topological polar surface area (TPSA) is 75.3 Å². The molecule has 2 aromatic rings. The van der Waals surface area contributed by atoms with Crippen molar-refractivity contribution < 1.29 is 13.2 Å². The molecule has 0 saturated heterocycles. The Balaban J connectivity index is 2.10. The van der Waals surface area contributed by atoms with E-state index in [2.05, 4.69) is 10.0 Å². The Bertz CT molecular complexity index is 883. The van der Waals surface area contributed by atoms with Gasteiger partial charge < -0.3 is 5.32 Å². The van der Waals surface area contributed by atoms with Crippen LogP contribution in [0.3, 0.4) is 0 Å². The summed E-state index contributed by atoms with van der Waals surface area (Å²) in [7, 11) is -3.73. The van der Waals surface area contributed by atoms with Crippen LogP contribution in [0.5, 0.6) is 0 Å². The van der Waals surface area contributed by atoms with E-state index in [1.54, 1.807) is 18.2 Å². The Kier molecular flexibility index (Phi) is 6.56. The van der Waals surface area contributed by atoms with E-state index >= 15 is 0 Å². The van der Waals surface area contributed by atoms with E-state index in [1.165, 1.54) is 0 Å². The van der Waals surface area contributed by atoms with Crippen molar-refractivity contribution in [2.24, 2.45) is 0 Å². The maximum atomic E-state index is 12.4. The number of rotatable bonds is 7. The Morgan fingerprint density at radius 3 is 2.12 bits per heavy atom. The van der Waals surface area contributed by atoms with E-state index < -0.39 is 10.0 Å². The number of para-hydroxylation sites is 1. The maximum Gasteiger partial charge on any atom is 0.241 e. The smallest absolute Gasteiger partial charge is 0.241 e. The highest BCUT2D eigenvalue weighted by atomic mass is 32.2. The van der Waals surface area contributed by atoms with Crippen molar-refractivity contribution in [2.45, 2.75) is 45.4 Å². The van der Waals surface area contributed by atoms with Crippen molar-refractivity contribution in [2.75, 3.05) is 11.9 Å². The van der Waals surface area contributed by atoms with E-state index in [4.69, 9.17) is 0 Å². The third-order valence-corrected chi connectivity index (χ3v) is 5.87. The first kappa shape index (κ1) is 20.1. The molecule has 0 aliphatic heterocycles. The van der Waals surface area contributed by atoms with Crippen LogP contribution < -0.4 is 10.0 Å². The zero-order chi connectivity index (χ0) is 19.3. The van der Waals surface area contributed by atoms with Gasteiger partial charge in [0.25, 0.3) is 0 Å². The van der Waals surface area contributed by atoms with E-state index in [-0.39, 0.29) is 17.3 Å². The summed E-state index contributed by atoms with van der Waals surface area (Å²) in [6, 6.07) is 10.8. The number of hydrogen-bond donors (Lipinski definition) is 2. The second-order valence-corrected chi connectivity index (χ2v) is 8.04. The van der Waals surface area contributed by atoms with Crippen LogP contribution in [0.25, 0.3) is 0 Å². The molecule has 0 bridgehead atoms. The monoisotopic (exact) mass is 374 g/mol. The molecule has 0 fully saturated rings. The lowest BCUT2D eigenvalue weighted by Crippen LogP contribution is -2.33. The Morgan fingerprint density at radius 1 is 0.962 bits per heavy atom. The van der Waals surface area contributed by atoms with Gasteiger partial charge in [-0.2, -0.15) is 0 Å². The van der Waals surface area contributed by atoms with E-state index in [1.807, 2.05) is 45.9 Å². The molecule has 0 spiro atoms. The second-order valence-electron chi connectivity index (χ2n) is 6.28. The molecule has 0 aliphatic rings. The van der Waals surface area contributed by atoms with Crippen molar-refractivity contribution in [3.05, 3.63) is 58.7 Å². The molecule has 0 aromatic heterocycles. The van der Waals surface area contributed by atoms with Crippen molar-refractivity contribution >= 4 is 21.6 Å². The molecule has 0 radical (unpaired) electrons. The van der Waals surface area contributed by atoms with Gasteiger partial charge in [-0.25, -0.2) is 13.1 Å². The highest BCUT2D eigenvalue weighted by Gasteiger charge is 2.17. The minimum atomic E-state index is -3.73. The number of nitrogens with one attached hydrogen (secondary N) is 2. The number of aryl methyl sites for hydroxylation is 4. The predicted molar refractivity (Wildman–Crippen MR) is 105 cm³/mol. The largest absolute Gasteiger partial charge is 0.324 e. The van der Waals surface area contributed by atoms with Gasteiger partial charge in [-0.05, 0) is 61.1 Å². The molecule has 0 atom stereocenters. The number of amides is 1. The third-order valence-electron chi connectivity index (χ3n) is 4.47. The van der Waals surface area contributed by atoms with Gasteiger partial charge in [0.15, 0.2) is 0 Å². The molecule has 5 nitrogen and oxygen atoms in total. The molecule has 2 aromatic carbocycles. The van der Waals surface area contributed by atoms with Crippen molar-refractivity contribution in [3.8, 4) is 0 Å². The first-order valence-electron chi connectivity index (χ1n) is 8.76. The predicted octanol–water partition coefficient (Wildman–Crippen LogP) is 3.35. The standard InChI is InChI=1S/C20H26N2O3S/c1-5-16-8-7-9-17(6-2)20(16)22-19(23)13-21-26(24,25)18-11-10-14(3)15(4)12-18/h7-12,21H,5-6,13H2,1-4H3,(H,22,23). The van der Waals surface area contributed by atoms with Gasteiger partial charge >= 0.3 is 0 Å². The molecule has 2 rings (SSSR count). The van der Waals surface area contributed by atoms with Crippen LogP contribution in [0.2, 0.25) is 0 Å². The summed E-state index contributed by atoms with van der Waals surface area (Å²) in [6.45, 7) is 7.51. The molecule has 2 N–H and O–H groups in total. The second kappa shape index (κ2) is 8.47. The first-order chi connectivity index (χ1) is 12.3. The van der Waals surface area contributed by atoms with E-state index in [0.717, 1.165) is 40.8 Å². The lowest BCUT2D eigenvalue weighted by Gasteiger charge is -2.15. The van der Waals surface area contributed by atoms with Crippen molar-refractivity contribution in [1.29, 1.82) is 0 Å². The van der Waals surface area contributed by atoms with Gasteiger partial charge in [-0.3, -0.25) is 4.79 Å². The lowest BCUT2D eigenvalue weighted by molar-refractivity contribution is -0.115. The van der Waals surface area contributed by atoms with Crippen LogP contribution in [0.1, 0.15) is 36.1 Å². The minimum Gasteiger partial charge on any atom is -0.324 e. The van der Waals surface area contributed by atoms with Crippen molar-refractivity contribution in [3.63, 3.8) is 0 Å².